The van der Waals surface area contributed by atoms with Crippen molar-refractivity contribution in [2.45, 2.75) is 25.6 Å². The van der Waals surface area contributed by atoms with Crippen LogP contribution in [-0.4, -0.2) is 128 Å². The molecule has 0 heterocycles. The Morgan fingerprint density at radius 2 is 1.30 bits per heavy atom. The van der Waals surface area contributed by atoms with Crippen molar-refractivity contribution < 1.29 is 67.2 Å². The summed E-state index contributed by atoms with van der Waals surface area (Å²) in [6.07, 6.45) is -5.35. The lowest BCUT2D eigenvalue weighted by Gasteiger charge is -2.19. The summed E-state index contributed by atoms with van der Waals surface area (Å²) >= 11 is 0. The van der Waals surface area contributed by atoms with Crippen LogP contribution in [0.4, 0.5) is 9.59 Å². The molecule has 0 bridgehead atoms. The maximum Gasteiger partial charge on any atom is 0.511 e. The van der Waals surface area contributed by atoms with Crippen molar-refractivity contribution >= 4 is 12.3 Å². The minimum Gasteiger partial charge on any atom is -0.430 e. The Hall–Kier alpha value is -1.78. The summed E-state index contributed by atoms with van der Waals surface area (Å²) in [5.74, 6) is 0. The Balaban J connectivity index is 4.11. The topological polar surface area (TPSA) is 167 Å². The molecule has 0 aliphatic heterocycles. The molecule has 0 saturated carbocycles. The number of hydrogen-bond donors (Lipinski definition) is 2. The van der Waals surface area contributed by atoms with Gasteiger partial charge in [-0.1, -0.05) is 0 Å². The van der Waals surface area contributed by atoms with Crippen LogP contribution in [0.25, 0.3) is 0 Å². The molecule has 0 saturated heterocycles. The highest BCUT2D eigenvalue weighted by Gasteiger charge is 2.20. The second kappa shape index (κ2) is 22.0. The third kappa shape index (κ3) is 19.4. The van der Waals surface area contributed by atoms with Gasteiger partial charge in [-0.3, -0.25) is 0 Å². The van der Waals surface area contributed by atoms with Gasteiger partial charge in [0.25, 0.3) is 0 Å². The van der Waals surface area contributed by atoms with E-state index in [1.165, 1.54) is 14.0 Å². The quantitative estimate of drug-likeness (QED) is 0.122. The predicted octanol–water partition coefficient (Wildman–Crippen LogP) is -0.323. The molecular weight excluding hydrogens is 452 g/mol. The van der Waals surface area contributed by atoms with Gasteiger partial charge in [0.2, 0.25) is 12.6 Å². The van der Waals surface area contributed by atoms with Crippen molar-refractivity contribution in [3.63, 3.8) is 0 Å². The molecular formula is C19H36O14. The van der Waals surface area contributed by atoms with Crippen LogP contribution in [0.3, 0.4) is 0 Å². The molecule has 3 unspecified atom stereocenters. The standard InChI is InChI=1S/C19H36O14/c1-15(31-19(23)32-16(12-21)28-10-8-26-5-4-20)13-30-18(22)33-17(14-25-3)29-11-9-27-7-6-24-2/h15-17,20-21H,4-14H2,1-3H3. The van der Waals surface area contributed by atoms with Gasteiger partial charge in [0.1, 0.15) is 25.9 Å². The Morgan fingerprint density at radius 3 is 1.91 bits per heavy atom. The fourth-order valence-electron chi connectivity index (χ4n) is 1.92. The molecule has 196 valence electrons. The summed E-state index contributed by atoms with van der Waals surface area (Å²) in [5.41, 5.74) is 0. The minimum absolute atomic E-state index is 0.0208. The van der Waals surface area contributed by atoms with E-state index in [0.29, 0.717) is 13.2 Å². The molecule has 0 aromatic carbocycles. The van der Waals surface area contributed by atoms with Crippen LogP contribution in [0.2, 0.25) is 0 Å². The van der Waals surface area contributed by atoms with Gasteiger partial charge in [0, 0.05) is 14.2 Å². The van der Waals surface area contributed by atoms with Crippen LogP contribution < -0.4 is 0 Å². The number of aliphatic hydroxyl groups excluding tert-OH is 2. The molecule has 14 nitrogen and oxygen atoms in total. The molecule has 3 atom stereocenters. The molecule has 0 fully saturated rings. The fourth-order valence-corrected chi connectivity index (χ4v) is 1.92. The first-order valence-electron chi connectivity index (χ1n) is 10.3. The van der Waals surface area contributed by atoms with E-state index in [4.69, 9.17) is 52.5 Å². The van der Waals surface area contributed by atoms with Crippen LogP contribution in [0.15, 0.2) is 0 Å². The number of carbonyl (C=O) groups is 2. The molecule has 0 aliphatic carbocycles. The fraction of sp³-hybridized carbons (Fsp3) is 0.895. The van der Waals surface area contributed by atoms with E-state index in [1.807, 2.05) is 0 Å². The van der Waals surface area contributed by atoms with Gasteiger partial charge in [0.15, 0.2) is 0 Å². The van der Waals surface area contributed by atoms with E-state index in [2.05, 4.69) is 0 Å². The van der Waals surface area contributed by atoms with Gasteiger partial charge < -0.3 is 57.6 Å². The summed E-state index contributed by atoms with van der Waals surface area (Å²) in [6, 6.07) is 0. The molecule has 0 amide bonds. The molecule has 0 aliphatic rings. The summed E-state index contributed by atoms with van der Waals surface area (Å²) in [6.45, 7) is 1.92. The summed E-state index contributed by atoms with van der Waals surface area (Å²) < 4.78 is 50.0. The third-order valence-electron chi connectivity index (χ3n) is 3.37. The first-order chi connectivity index (χ1) is 16.0. The highest BCUT2D eigenvalue weighted by Crippen LogP contribution is 2.04. The second-order valence-electron chi connectivity index (χ2n) is 6.15. The number of ether oxygens (including phenoxy) is 10. The summed E-state index contributed by atoms with van der Waals surface area (Å²) in [7, 11) is 2.97. The van der Waals surface area contributed by atoms with Crippen molar-refractivity contribution in [1.29, 1.82) is 0 Å². The monoisotopic (exact) mass is 488 g/mol. The molecule has 0 spiro atoms. The number of carbonyl (C=O) groups excluding carboxylic acids is 2. The van der Waals surface area contributed by atoms with Crippen molar-refractivity contribution in [3.05, 3.63) is 0 Å². The Bertz CT molecular complexity index is 477. The highest BCUT2D eigenvalue weighted by molar-refractivity contribution is 5.61. The first kappa shape index (κ1) is 31.2. The van der Waals surface area contributed by atoms with E-state index in [0.717, 1.165) is 0 Å². The molecule has 14 heteroatoms. The van der Waals surface area contributed by atoms with Crippen LogP contribution in [0, 0.1) is 0 Å². The van der Waals surface area contributed by atoms with Crippen molar-refractivity contribution in [2.24, 2.45) is 0 Å². The smallest absolute Gasteiger partial charge is 0.430 e. The zero-order valence-electron chi connectivity index (χ0n) is 19.3. The van der Waals surface area contributed by atoms with Crippen LogP contribution >= 0.6 is 0 Å². The number of methoxy groups -OCH3 is 2. The second-order valence-corrected chi connectivity index (χ2v) is 6.15. The van der Waals surface area contributed by atoms with Gasteiger partial charge in [0.05, 0.1) is 52.9 Å². The van der Waals surface area contributed by atoms with E-state index in [9.17, 15) is 14.7 Å². The maximum absolute atomic E-state index is 11.8. The number of hydrogen-bond acceptors (Lipinski definition) is 14. The average molecular weight is 488 g/mol. The van der Waals surface area contributed by atoms with Gasteiger partial charge >= 0.3 is 12.3 Å². The lowest BCUT2D eigenvalue weighted by molar-refractivity contribution is -0.162. The zero-order valence-corrected chi connectivity index (χ0v) is 19.3. The Labute approximate surface area is 192 Å². The predicted molar refractivity (Wildman–Crippen MR) is 109 cm³/mol. The van der Waals surface area contributed by atoms with E-state index < -0.39 is 37.6 Å². The van der Waals surface area contributed by atoms with E-state index in [1.54, 1.807) is 7.11 Å². The summed E-state index contributed by atoms with van der Waals surface area (Å²) in [4.78, 5) is 23.6. The molecule has 33 heavy (non-hydrogen) atoms. The molecule has 0 radical (unpaired) electrons. The van der Waals surface area contributed by atoms with Gasteiger partial charge in [-0.15, -0.1) is 0 Å². The molecule has 0 aromatic heterocycles. The number of rotatable bonds is 21. The normalized spacial score (nSPS) is 13.7. The van der Waals surface area contributed by atoms with Crippen molar-refractivity contribution in [2.75, 3.05) is 86.9 Å². The third-order valence-corrected chi connectivity index (χ3v) is 3.37. The SMILES string of the molecule is COCCOCCOC(COC)OC(=O)OCC(C)OC(=O)OC(CO)OCCOCCO. The zero-order chi connectivity index (χ0) is 24.7. The van der Waals surface area contributed by atoms with Crippen LogP contribution in [-0.2, 0) is 47.4 Å². The Morgan fingerprint density at radius 1 is 0.697 bits per heavy atom. The van der Waals surface area contributed by atoms with Gasteiger partial charge in [-0.2, -0.15) is 0 Å². The van der Waals surface area contributed by atoms with Crippen LogP contribution in [0.1, 0.15) is 6.92 Å². The first-order valence-corrected chi connectivity index (χ1v) is 10.3. The lowest BCUT2D eigenvalue weighted by Crippen LogP contribution is -2.31. The average Bonchev–Trinajstić information content (AvgIpc) is 2.79. The Kier molecular flexibility index (Phi) is 20.8. The molecule has 0 rings (SSSR count). The van der Waals surface area contributed by atoms with Crippen LogP contribution in [0.5, 0.6) is 0 Å². The lowest BCUT2D eigenvalue weighted by atomic mass is 10.4. The van der Waals surface area contributed by atoms with Gasteiger partial charge in [-0.25, -0.2) is 9.59 Å². The highest BCUT2D eigenvalue weighted by atomic mass is 16.8. The van der Waals surface area contributed by atoms with E-state index in [-0.39, 0.29) is 52.9 Å². The largest absolute Gasteiger partial charge is 0.511 e. The maximum atomic E-state index is 11.8. The molecule has 2 N–H and O–H groups in total. The summed E-state index contributed by atoms with van der Waals surface area (Å²) in [5, 5.41) is 17.8. The van der Waals surface area contributed by atoms with Crippen molar-refractivity contribution in [3.8, 4) is 0 Å². The number of aliphatic hydroxyl groups is 2. The minimum atomic E-state index is -1.27. The van der Waals surface area contributed by atoms with Gasteiger partial charge in [-0.05, 0) is 6.92 Å². The molecule has 0 aromatic rings. The van der Waals surface area contributed by atoms with Crippen molar-refractivity contribution in [1.82, 2.24) is 0 Å². The van der Waals surface area contributed by atoms with E-state index >= 15 is 0 Å².